The number of carbonyl (C=O) groups is 1. The second kappa shape index (κ2) is 5.05. The lowest BCUT2D eigenvalue weighted by atomic mass is 10.00. The monoisotopic (exact) mass is 272 g/mol. The van der Waals surface area contributed by atoms with Gasteiger partial charge in [-0.3, -0.25) is 4.79 Å². The van der Waals surface area contributed by atoms with Crippen molar-refractivity contribution in [3.8, 4) is 0 Å². The second-order valence-electron chi connectivity index (χ2n) is 4.79. The molecule has 1 aliphatic heterocycles. The predicted molar refractivity (Wildman–Crippen MR) is 78.5 cm³/mol. The van der Waals surface area contributed by atoms with E-state index < -0.39 is 0 Å². The molecule has 1 aromatic carbocycles. The van der Waals surface area contributed by atoms with E-state index in [0.717, 1.165) is 11.3 Å². The van der Waals surface area contributed by atoms with E-state index >= 15 is 0 Å². The highest BCUT2D eigenvalue weighted by atomic mass is 32.1. The standard InChI is InChI=1S/C15H16N2OS/c1-17(10-11-5-4-8-19-11)15(18)13-9-16-14-7-3-2-6-12(13)14/h2-8,13,16H,9-10H2,1H3. The van der Waals surface area contributed by atoms with Gasteiger partial charge in [-0.1, -0.05) is 24.3 Å². The molecule has 98 valence electrons. The number of fused-ring (bicyclic) bond motifs is 1. The first-order chi connectivity index (χ1) is 9.25. The van der Waals surface area contributed by atoms with Crippen LogP contribution in [0.4, 0.5) is 5.69 Å². The number of likely N-dealkylation sites (N-methyl/N-ethyl adjacent to an activating group) is 1. The topological polar surface area (TPSA) is 32.3 Å². The lowest BCUT2D eigenvalue weighted by molar-refractivity contribution is -0.131. The van der Waals surface area contributed by atoms with Gasteiger partial charge >= 0.3 is 0 Å². The van der Waals surface area contributed by atoms with E-state index in [9.17, 15) is 4.79 Å². The molecule has 0 saturated carbocycles. The van der Waals surface area contributed by atoms with Crippen molar-refractivity contribution < 1.29 is 4.79 Å². The minimum absolute atomic E-state index is 0.0545. The quantitative estimate of drug-likeness (QED) is 0.931. The van der Waals surface area contributed by atoms with Gasteiger partial charge in [-0.15, -0.1) is 11.3 Å². The highest BCUT2D eigenvalue weighted by Crippen LogP contribution is 2.32. The molecule has 0 spiro atoms. The summed E-state index contributed by atoms with van der Waals surface area (Å²) in [5.41, 5.74) is 2.20. The molecule has 4 heteroatoms. The molecule has 2 heterocycles. The zero-order chi connectivity index (χ0) is 13.2. The molecular weight excluding hydrogens is 256 g/mol. The van der Waals surface area contributed by atoms with E-state index in [1.165, 1.54) is 4.88 Å². The van der Waals surface area contributed by atoms with Crippen LogP contribution in [0.1, 0.15) is 16.4 Å². The molecule has 1 aromatic heterocycles. The number of rotatable bonds is 3. The molecule has 1 N–H and O–H groups in total. The Hall–Kier alpha value is -1.81. The molecule has 0 saturated heterocycles. The zero-order valence-corrected chi connectivity index (χ0v) is 11.6. The molecule has 1 aliphatic rings. The first-order valence-corrected chi connectivity index (χ1v) is 7.24. The molecule has 3 rings (SSSR count). The van der Waals surface area contributed by atoms with E-state index in [1.54, 1.807) is 11.3 Å². The lowest BCUT2D eigenvalue weighted by Crippen LogP contribution is -2.31. The Morgan fingerprint density at radius 1 is 1.37 bits per heavy atom. The van der Waals surface area contributed by atoms with Gasteiger partial charge in [0.15, 0.2) is 0 Å². The molecule has 1 unspecified atom stereocenters. The normalized spacial score (nSPS) is 16.8. The van der Waals surface area contributed by atoms with E-state index in [2.05, 4.69) is 11.4 Å². The van der Waals surface area contributed by atoms with Crippen molar-refractivity contribution >= 4 is 22.9 Å². The summed E-state index contributed by atoms with van der Waals surface area (Å²) in [6.45, 7) is 1.39. The Bertz CT molecular complexity index is 580. The molecule has 0 bridgehead atoms. The first kappa shape index (κ1) is 12.2. The number of amides is 1. The van der Waals surface area contributed by atoms with Crippen LogP contribution in [0.3, 0.4) is 0 Å². The van der Waals surface area contributed by atoms with Crippen molar-refractivity contribution in [1.29, 1.82) is 0 Å². The maximum atomic E-state index is 12.5. The van der Waals surface area contributed by atoms with Gasteiger partial charge in [0.2, 0.25) is 5.91 Å². The molecule has 19 heavy (non-hydrogen) atoms. The van der Waals surface area contributed by atoms with E-state index in [1.807, 2.05) is 47.7 Å². The van der Waals surface area contributed by atoms with E-state index in [0.29, 0.717) is 13.1 Å². The van der Waals surface area contributed by atoms with Crippen LogP contribution in [0.15, 0.2) is 41.8 Å². The Morgan fingerprint density at radius 3 is 3.00 bits per heavy atom. The summed E-state index contributed by atoms with van der Waals surface area (Å²) in [6.07, 6.45) is 0. The van der Waals surface area contributed by atoms with Crippen molar-refractivity contribution in [2.45, 2.75) is 12.5 Å². The van der Waals surface area contributed by atoms with Gasteiger partial charge < -0.3 is 10.2 Å². The van der Waals surface area contributed by atoms with Crippen molar-refractivity contribution in [1.82, 2.24) is 4.90 Å². The number of para-hydroxylation sites is 1. The summed E-state index contributed by atoms with van der Waals surface area (Å²) in [5, 5.41) is 5.34. The largest absolute Gasteiger partial charge is 0.384 e. The molecule has 1 atom stereocenters. The van der Waals surface area contributed by atoms with Crippen molar-refractivity contribution in [3.05, 3.63) is 52.2 Å². The van der Waals surface area contributed by atoms with Crippen LogP contribution in [0.5, 0.6) is 0 Å². The maximum absolute atomic E-state index is 12.5. The number of nitrogens with zero attached hydrogens (tertiary/aromatic N) is 1. The van der Waals surface area contributed by atoms with E-state index in [4.69, 9.17) is 0 Å². The van der Waals surface area contributed by atoms with Gasteiger partial charge in [-0.2, -0.15) is 0 Å². The average molecular weight is 272 g/mol. The molecule has 3 nitrogen and oxygen atoms in total. The predicted octanol–water partition coefficient (Wildman–Crippen LogP) is 2.92. The number of anilines is 1. The minimum Gasteiger partial charge on any atom is -0.384 e. The molecule has 0 aliphatic carbocycles. The number of benzene rings is 1. The Balaban J connectivity index is 1.74. The summed E-state index contributed by atoms with van der Waals surface area (Å²) in [5.74, 6) is 0.131. The fourth-order valence-electron chi connectivity index (χ4n) is 2.48. The van der Waals surface area contributed by atoms with Crippen molar-refractivity contribution in [2.75, 3.05) is 18.9 Å². The summed E-state index contributed by atoms with van der Waals surface area (Å²) in [6, 6.07) is 12.1. The fourth-order valence-corrected chi connectivity index (χ4v) is 3.24. The van der Waals surface area contributed by atoms with Crippen LogP contribution in [-0.2, 0) is 11.3 Å². The third-order valence-electron chi connectivity index (χ3n) is 3.48. The third kappa shape index (κ3) is 2.36. The maximum Gasteiger partial charge on any atom is 0.232 e. The highest BCUT2D eigenvalue weighted by Gasteiger charge is 2.30. The summed E-state index contributed by atoms with van der Waals surface area (Å²) in [7, 11) is 1.88. The molecule has 0 radical (unpaired) electrons. The number of hydrogen-bond acceptors (Lipinski definition) is 3. The van der Waals surface area contributed by atoms with Crippen molar-refractivity contribution in [3.63, 3.8) is 0 Å². The van der Waals surface area contributed by atoms with Crippen LogP contribution in [-0.4, -0.2) is 24.4 Å². The molecular formula is C15H16N2OS. The SMILES string of the molecule is CN(Cc1cccs1)C(=O)C1CNc2ccccc21. The minimum atomic E-state index is -0.0545. The number of carbonyl (C=O) groups excluding carboxylic acids is 1. The van der Waals surface area contributed by atoms with Gasteiger partial charge in [-0.05, 0) is 23.1 Å². The first-order valence-electron chi connectivity index (χ1n) is 6.36. The Labute approximate surface area is 116 Å². The van der Waals surface area contributed by atoms with Crippen LogP contribution in [0.25, 0.3) is 0 Å². The third-order valence-corrected chi connectivity index (χ3v) is 4.34. The highest BCUT2D eigenvalue weighted by molar-refractivity contribution is 7.09. The van der Waals surface area contributed by atoms with Crippen LogP contribution in [0.2, 0.25) is 0 Å². The van der Waals surface area contributed by atoms with Gasteiger partial charge in [-0.25, -0.2) is 0 Å². The smallest absolute Gasteiger partial charge is 0.232 e. The molecule has 2 aromatic rings. The van der Waals surface area contributed by atoms with Gasteiger partial charge in [0, 0.05) is 24.2 Å². The average Bonchev–Trinajstić information content (AvgIpc) is 3.06. The number of thiophene rings is 1. The van der Waals surface area contributed by atoms with Gasteiger partial charge in [0.05, 0.1) is 12.5 Å². The number of nitrogens with one attached hydrogen (secondary N) is 1. The summed E-state index contributed by atoms with van der Waals surface area (Å²) in [4.78, 5) is 15.6. The Kier molecular flexibility index (Phi) is 3.25. The lowest BCUT2D eigenvalue weighted by Gasteiger charge is -2.20. The van der Waals surface area contributed by atoms with Crippen LogP contribution >= 0.6 is 11.3 Å². The van der Waals surface area contributed by atoms with Crippen molar-refractivity contribution in [2.24, 2.45) is 0 Å². The fraction of sp³-hybridized carbons (Fsp3) is 0.267. The summed E-state index contributed by atoms with van der Waals surface area (Å²) < 4.78 is 0. The zero-order valence-electron chi connectivity index (χ0n) is 10.8. The molecule has 0 fully saturated rings. The second-order valence-corrected chi connectivity index (χ2v) is 5.83. The van der Waals surface area contributed by atoms with Gasteiger partial charge in [0.1, 0.15) is 0 Å². The summed E-state index contributed by atoms with van der Waals surface area (Å²) >= 11 is 1.69. The van der Waals surface area contributed by atoms with E-state index in [-0.39, 0.29) is 11.8 Å². The number of hydrogen-bond donors (Lipinski definition) is 1. The van der Waals surface area contributed by atoms with Crippen LogP contribution < -0.4 is 5.32 Å². The molecule has 1 amide bonds. The Morgan fingerprint density at radius 2 is 2.21 bits per heavy atom. The van der Waals surface area contributed by atoms with Gasteiger partial charge in [0.25, 0.3) is 0 Å². The van der Waals surface area contributed by atoms with Crippen LogP contribution in [0, 0.1) is 0 Å².